The molecule has 2 N–H and O–H groups in total. The van der Waals surface area contributed by atoms with E-state index in [0.717, 1.165) is 31.6 Å². The van der Waals surface area contributed by atoms with E-state index < -0.39 is 5.91 Å². The van der Waals surface area contributed by atoms with Gasteiger partial charge in [-0.2, -0.15) is 5.26 Å². The molecule has 0 radical (unpaired) electrons. The van der Waals surface area contributed by atoms with Gasteiger partial charge in [0, 0.05) is 12.7 Å². The summed E-state index contributed by atoms with van der Waals surface area (Å²) in [5.74, 6) is 0.796. The molecule has 0 heterocycles. The smallest absolute Gasteiger partial charge is 0.263 e. The SMILES string of the molecule is CCN(CC)CCCN/C=C(/C#N)C(=O)NC(C)c1ccc(OC)c(OC)c1. The first kappa shape index (κ1) is 23.3. The van der Waals surface area contributed by atoms with Crippen LogP contribution in [0.2, 0.25) is 0 Å². The third kappa shape index (κ3) is 7.12. The molecule has 0 aliphatic carbocycles. The lowest BCUT2D eigenvalue weighted by atomic mass is 10.1. The van der Waals surface area contributed by atoms with Crippen molar-refractivity contribution in [2.45, 2.75) is 33.2 Å². The van der Waals surface area contributed by atoms with Crippen LogP contribution in [0, 0.1) is 11.3 Å². The van der Waals surface area contributed by atoms with Gasteiger partial charge in [0.25, 0.3) is 5.91 Å². The van der Waals surface area contributed by atoms with Crippen LogP contribution in [0.5, 0.6) is 11.5 Å². The fourth-order valence-corrected chi connectivity index (χ4v) is 2.75. The fourth-order valence-electron chi connectivity index (χ4n) is 2.75. The molecule has 0 saturated carbocycles. The number of methoxy groups -OCH3 is 2. The minimum absolute atomic E-state index is 0.0511. The molecule has 0 aliphatic rings. The lowest BCUT2D eigenvalue weighted by Gasteiger charge is -2.17. The molecule has 0 fully saturated rings. The van der Waals surface area contributed by atoms with E-state index in [4.69, 9.17) is 9.47 Å². The van der Waals surface area contributed by atoms with Crippen molar-refractivity contribution < 1.29 is 14.3 Å². The third-order valence-corrected chi connectivity index (χ3v) is 4.56. The minimum atomic E-state index is -0.416. The van der Waals surface area contributed by atoms with Crippen molar-refractivity contribution in [2.24, 2.45) is 0 Å². The third-order valence-electron chi connectivity index (χ3n) is 4.56. The van der Waals surface area contributed by atoms with Crippen LogP contribution in [0.1, 0.15) is 38.8 Å². The van der Waals surface area contributed by atoms with Gasteiger partial charge in [0.05, 0.1) is 20.3 Å². The predicted octanol–water partition coefficient (Wildman–Crippen LogP) is 2.61. The Kier molecular flexibility index (Phi) is 10.5. The fraction of sp³-hybridized carbons (Fsp3) is 0.524. The van der Waals surface area contributed by atoms with E-state index in [9.17, 15) is 10.1 Å². The number of carbonyl (C=O) groups excluding carboxylic acids is 1. The number of nitriles is 1. The zero-order valence-corrected chi connectivity index (χ0v) is 17.5. The number of ether oxygens (including phenoxy) is 2. The molecular weight excluding hydrogens is 356 g/mol. The summed E-state index contributed by atoms with van der Waals surface area (Å²) in [6, 6.07) is 7.12. The van der Waals surface area contributed by atoms with Gasteiger partial charge < -0.3 is 25.0 Å². The number of benzene rings is 1. The van der Waals surface area contributed by atoms with Crippen molar-refractivity contribution in [1.29, 1.82) is 5.26 Å². The van der Waals surface area contributed by atoms with Crippen LogP contribution in [0.15, 0.2) is 30.0 Å². The Hall–Kier alpha value is -2.72. The highest BCUT2D eigenvalue weighted by molar-refractivity contribution is 5.97. The van der Waals surface area contributed by atoms with Gasteiger partial charge in [-0.05, 0) is 50.7 Å². The molecule has 7 nitrogen and oxygen atoms in total. The Morgan fingerprint density at radius 3 is 2.50 bits per heavy atom. The average molecular weight is 389 g/mol. The van der Waals surface area contributed by atoms with E-state index >= 15 is 0 Å². The van der Waals surface area contributed by atoms with E-state index in [1.165, 1.54) is 6.20 Å². The van der Waals surface area contributed by atoms with E-state index in [-0.39, 0.29) is 11.6 Å². The lowest BCUT2D eigenvalue weighted by molar-refractivity contribution is -0.117. The molecule has 0 saturated heterocycles. The first-order valence-corrected chi connectivity index (χ1v) is 9.59. The van der Waals surface area contributed by atoms with Gasteiger partial charge in [0.1, 0.15) is 11.6 Å². The lowest BCUT2D eigenvalue weighted by Crippen LogP contribution is -2.29. The number of amides is 1. The van der Waals surface area contributed by atoms with E-state index in [1.54, 1.807) is 20.3 Å². The molecule has 0 aromatic heterocycles. The first-order valence-electron chi connectivity index (χ1n) is 9.59. The number of hydrogen-bond acceptors (Lipinski definition) is 6. The number of rotatable bonds is 12. The second-order valence-corrected chi connectivity index (χ2v) is 6.31. The van der Waals surface area contributed by atoms with Crippen molar-refractivity contribution in [3.8, 4) is 17.6 Å². The number of nitrogens with one attached hydrogen (secondary N) is 2. The molecular formula is C21H32N4O3. The second-order valence-electron chi connectivity index (χ2n) is 6.31. The molecule has 0 bridgehead atoms. The zero-order valence-electron chi connectivity index (χ0n) is 17.5. The topological polar surface area (TPSA) is 86.6 Å². The quantitative estimate of drug-likeness (QED) is 0.325. The van der Waals surface area contributed by atoms with Gasteiger partial charge in [-0.15, -0.1) is 0 Å². The van der Waals surface area contributed by atoms with Crippen LogP contribution < -0.4 is 20.1 Å². The Labute approximate surface area is 168 Å². The van der Waals surface area contributed by atoms with E-state index in [2.05, 4.69) is 29.4 Å². The average Bonchev–Trinajstić information content (AvgIpc) is 2.72. The highest BCUT2D eigenvalue weighted by Crippen LogP contribution is 2.29. The highest BCUT2D eigenvalue weighted by Gasteiger charge is 2.15. The van der Waals surface area contributed by atoms with E-state index in [1.807, 2.05) is 25.1 Å². The Bertz CT molecular complexity index is 693. The van der Waals surface area contributed by atoms with Crippen LogP contribution in [0.25, 0.3) is 0 Å². The molecule has 7 heteroatoms. The Balaban J connectivity index is 2.62. The molecule has 1 atom stereocenters. The van der Waals surface area contributed by atoms with Crippen LogP contribution in [-0.4, -0.2) is 51.2 Å². The summed E-state index contributed by atoms with van der Waals surface area (Å²) in [4.78, 5) is 14.7. The summed E-state index contributed by atoms with van der Waals surface area (Å²) in [6.07, 6.45) is 2.43. The summed E-state index contributed by atoms with van der Waals surface area (Å²) in [5, 5.41) is 15.2. The summed E-state index contributed by atoms with van der Waals surface area (Å²) in [5.41, 5.74) is 0.908. The largest absolute Gasteiger partial charge is 0.493 e. The summed E-state index contributed by atoms with van der Waals surface area (Å²) >= 11 is 0. The van der Waals surface area contributed by atoms with Gasteiger partial charge in [-0.25, -0.2) is 0 Å². The molecule has 0 aliphatic heterocycles. The Morgan fingerprint density at radius 2 is 1.93 bits per heavy atom. The maximum atomic E-state index is 12.4. The molecule has 28 heavy (non-hydrogen) atoms. The normalized spacial score (nSPS) is 12.2. The van der Waals surface area contributed by atoms with Crippen LogP contribution >= 0.6 is 0 Å². The Morgan fingerprint density at radius 1 is 1.25 bits per heavy atom. The van der Waals surface area contributed by atoms with Crippen molar-refractivity contribution in [2.75, 3.05) is 40.4 Å². The van der Waals surface area contributed by atoms with Crippen LogP contribution in [-0.2, 0) is 4.79 Å². The molecule has 154 valence electrons. The summed E-state index contributed by atoms with van der Waals surface area (Å²) < 4.78 is 10.5. The summed E-state index contributed by atoms with van der Waals surface area (Å²) in [7, 11) is 3.13. The first-order chi connectivity index (χ1) is 13.5. The van der Waals surface area contributed by atoms with Gasteiger partial charge in [-0.1, -0.05) is 19.9 Å². The standard InChI is InChI=1S/C21H32N4O3/c1-6-25(7-2)12-8-11-23-15-18(14-22)21(26)24-16(3)17-9-10-19(27-4)20(13-17)28-5/h9-10,13,15-16,23H,6-8,11-12H2,1-5H3,(H,24,26)/b18-15-. The molecule has 1 aromatic carbocycles. The summed E-state index contributed by atoms with van der Waals surface area (Å²) in [6.45, 7) is 9.85. The maximum Gasteiger partial charge on any atom is 0.263 e. The molecule has 1 unspecified atom stereocenters. The van der Waals surface area contributed by atoms with Gasteiger partial charge in [0.15, 0.2) is 11.5 Å². The van der Waals surface area contributed by atoms with E-state index in [0.29, 0.717) is 18.0 Å². The van der Waals surface area contributed by atoms with Crippen LogP contribution in [0.3, 0.4) is 0 Å². The molecule has 1 rings (SSSR count). The highest BCUT2D eigenvalue weighted by atomic mass is 16.5. The van der Waals surface area contributed by atoms with Crippen molar-refractivity contribution >= 4 is 5.91 Å². The zero-order chi connectivity index (χ0) is 20.9. The second kappa shape index (κ2) is 12.6. The van der Waals surface area contributed by atoms with Gasteiger partial charge in [-0.3, -0.25) is 4.79 Å². The van der Waals surface area contributed by atoms with Crippen LogP contribution in [0.4, 0.5) is 0 Å². The van der Waals surface area contributed by atoms with Crippen molar-refractivity contribution in [3.05, 3.63) is 35.5 Å². The monoisotopic (exact) mass is 388 g/mol. The number of hydrogen-bond donors (Lipinski definition) is 2. The molecule has 1 amide bonds. The minimum Gasteiger partial charge on any atom is -0.493 e. The predicted molar refractivity (Wildman–Crippen MR) is 110 cm³/mol. The maximum absolute atomic E-state index is 12.4. The molecule has 0 spiro atoms. The van der Waals surface area contributed by atoms with Crippen molar-refractivity contribution in [1.82, 2.24) is 15.5 Å². The van der Waals surface area contributed by atoms with Gasteiger partial charge in [0.2, 0.25) is 0 Å². The van der Waals surface area contributed by atoms with Crippen molar-refractivity contribution in [3.63, 3.8) is 0 Å². The van der Waals surface area contributed by atoms with Gasteiger partial charge >= 0.3 is 0 Å². The number of nitrogens with zero attached hydrogens (tertiary/aromatic N) is 2. The number of carbonyl (C=O) groups is 1. The molecule has 1 aromatic rings.